The number of carboxylic acids is 1. The Labute approximate surface area is 89.2 Å². The molecule has 0 radical (unpaired) electrons. The van der Waals surface area contributed by atoms with Gasteiger partial charge in [0, 0.05) is 12.1 Å². The summed E-state index contributed by atoms with van der Waals surface area (Å²) in [5.74, 6) is -0.961. The summed E-state index contributed by atoms with van der Waals surface area (Å²) >= 11 is 5.57. The maximum Gasteiger partial charge on any atom is 0.341 e. The number of carboxylic acid groups (broad SMARTS) is 1. The van der Waals surface area contributed by atoms with Crippen LogP contribution in [0.3, 0.4) is 0 Å². The van der Waals surface area contributed by atoms with Gasteiger partial charge >= 0.3 is 5.97 Å². The highest BCUT2D eigenvalue weighted by Crippen LogP contribution is 2.28. The molecule has 0 saturated carbocycles. The number of hydrogen-bond donors (Lipinski definition) is 1. The SMILES string of the molecule is O=C(O)COc1ccc([N+](=O)[O-])c(Cl)c1. The molecule has 15 heavy (non-hydrogen) atoms. The number of nitrogens with zero attached hydrogens (tertiary/aromatic N) is 1. The Bertz CT molecular complexity index is 406. The third-order valence-electron chi connectivity index (χ3n) is 1.48. The zero-order chi connectivity index (χ0) is 11.4. The van der Waals surface area contributed by atoms with E-state index >= 15 is 0 Å². The van der Waals surface area contributed by atoms with Crippen molar-refractivity contribution in [3.8, 4) is 5.75 Å². The van der Waals surface area contributed by atoms with Crippen LogP contribution in [0, 0.1) is 10.1 Å². The van der Waals surface area contributed by atoms with Crippen LogP contribution >= 0.6 is 11.6 Å². The molecule has 0 aliphatic rings. The molecule has 0 aromatic heterocycles. The first kappa shape index (κ1) is 11.3. The van der Waals surface area contributed by atoms with Crippen LogP contribution < -0.4 is 4.74 Å². The molecule has 0 amide bonds. The third kappa shape index (κ3) is 3.10. The summed E-state index contributed by atoms with van der Waals surface area (Å²) in [5, 5.41) is 18.6. The van der Waals surface area contributed by atoms with E-state index in [2.05, 4.69) is 0 Å². The van der Waals surface area contributed by atoms with Gasteiger partial charge in [-0.3, -0.25) is 10.1 Å². The van der Waals surface area contributed by atoms with Gasteiger partial charge in [0.15, 0.2) is 6.61 Å². The molecule has 1 aromatic rings. The molecule has 6 nitrogen and oxygen atoms in total. The van der Waals surface area contributed by atoms with Crippen LogP contribution in [0.4, 0.5) is 5.69 Å². The predicted molar refractivity (Wildman–Crippen MR) is 51.2 cm³/mol. The van der Waals surface area contributed by atoms with E-state index in [9.17, 15) is 14.9 Å². The molecule has 0 aliphatic carbocycles. The summed E-state index contributed by atoms with van der Waals surface area (Å²) in [5.41, 5.74) is -0.251. The van der Waals surface area contributed by atoms with Gasteiger partial charge < -0.3 is 9.84 Å². The number of nitro benzene ring substituents is 1. The van der Waals surface area contributed by atoms with Gasteiger partial charge in [0.25, 0.3) is 5.69 Å². The first-order valence-corrected chi connectivity index (χ1v) is 4.17. The van der Waals surface area contributed by atoms with Crippen LogP contribution in [0.25, 0.3) is 0 Å². The maximum atomic E-state index is 10.4. The van der Waals surface area contributed by atoms with Crippen molar-refractivity contribution in [2.24, 2.45) is 0 Å². The average molecular weight is 232 g/mol. The number of rotatable bonds is 4. The minimum absolute atomic E-state index is 0.0945. The molecular weight excluding hydrogens is 226 g/mol. The van der Waals surface area contributed by atoms with Crippen molar-refractivity contribution < 1.29 is 19.6 Å². The summed E-state index contributed by atoms with van der Waals surface area (Å²) in [6.07, 6.45) is 0. The molecule has 0 heterocycles. The van der Waals surface area contributed by atoms with E-state index < -0.39 is 17.5 Å². The van der Waals surface area contributed by atoms with Gasteiger partial charge in [-0.15, -0.1) is 0 Å². The molecule has 0 spiro atoms. The number of ether oxygens (including phenoxy) is 1. The summed E-state index contributed by atoms with van der Waals surface area (Å²) < 4.78 is 4.78. The normalized spacial score (nSPS) is 9.67. The van der Waals surface area contributed by atoms with Crippen molar-refractivity contribution >= 4 is 23.3 Å². The minimum atomic E-state index is -1.13. The van der Waals surface area contributed by atoms with Crippen molar-refractivity contribution in [1.29, 1.82) is 0 Å². The zero-order valence-corrected chi connectivity index (χ0v) is 8.10. The van der Waals surface area contributed by atoms with Gasteiger partial charge in [-0.1, -0.05) is 11.6 Å². The smallest absolute Gasteiger partial charge is 0.341 e. The first-order valence-electron chi connectivity index (χ1n) is 3.79. The lowest BCUT2D eigenvalue weighted by Crippen LogP contribution is -2.09. The van der Waals surface area contributed by atoms with E-state index in [0.717, 1.165) is 6.07 Å². The fourth-order valence-electron chi connectivity index (χ4n) is 0.871. The van der Waals surface area contributed by atoms with Crippen LogP contribution in [0.5, 0.6) is 5.75 Å². The van der Waals surface area contributed by atoms with Crippen LogP contribution in [-0.4, -0.2) is 22.6 Å². The number of benzene rings is 1. The van der Waals surface area contributed by atoms with Crippen molar-refractivity contribution in [2.45, 2.75) is 0 Å². The molecule has 0 bridgehead atoms. The molecule has 0 atom stereocenters. The zero-order valence-electron chi connectivity index (χ0n) is 7.34. The molecular formula is C8H6ClNO5. The topological polar surface area (TPSA) is 89.7 Å². The Balaban J connectivity index is 2.82. The quantitative estimate of drug-likeness (QED) is 0.629. The van der Waals surface area contributed by atoms with Crippen molar-refractivity contribution in [1.82, 2.24) is 0 Å². The average Bonchev–Trinajstić information content (AvgIpc) is 2.14. The highest BCUT2D eigenvalue weighted by Gasteiger charge is 2.12. The standard InChI is InChI=1S/C8H6ClNO5/c9-6-3-5(15-4-8(11)12)1-2-7(6)10(13)14/h1-3H,4H2,(H,11,12). The fraction of sp³-hybridized carbons (Fsp3) is 0.125. The highest BCUT2D eigenvalue weighted by atomic mass is 35.5. The molecule has 1 rings (SSSR count). The van der Waals surface area contributed by atoms with Crippen molar-refractivity contribution in [2.75, 3.05) is 6.61 Å². The van der Waals surface area contributed by atoms with Crippen LogP contribution in [0.2, 0.25) is 5.02 Å². The molecule has 80 valence electrons. The Morgan fingerprint density at radius 1 is 1.60 bits per heavy atom. The summed E-state index contributed by atoms with van der Waals surface area (Å²) in [7, 11) is 0. The molecule has 0 unspecified atom stereocenters. The second-order valence-corrected chi connectivity index (χ2v) is 2.96. The maximum absolute atomic E-state index is 10.4. The van der Waals surface area contributed by atoms with Crippen molar-refractivity contribution in [3.05, 3.63) is 33.3 Å². The van der Waals surface area contributed by atoms with E-state index in [-0.39, 0.29) is 16.5 Å². The van der Waals surface area contributed by atoms with Gasteiger partial charge in [-0.2, -0.15) is 0 Å². The Morgan fingerprint density at radius 2 is 2.27 bits per heavy atom. The molecule has 0 saturated heterocycles. The summed E-state index contributed by atoms with van der Waals surface area (Å²) in [4.78, 5) is 19.9. The van der Waals surface area contributed by atoms with Gasteiger partial charge in [-0.05, 0) is 6.07 Å². The molecule has 0 aliphatic heterocycles. The second kappa shape index (κ2) is 4.61. The Hall–Kier alpha value is -1.82. The van der Waals surface area contributed by atoms with Gasteiger partial charge in [0.05, 0.1) is 4.92 Å². The van der Waals surface area contributed by atoms with E-state index in [4.69, 9.17) is 21.4 Å². The fourth-order valence-corrected chi connectivity index (χ4v) is 1.11. The molecule has 0 fully saturated rings. The number of halogens is 1. The number of hydrogen-bond acceptors (Lipinski definition) is 4. The van der Waals surface area contributed by atoms with E-state index in [1.165, 1.54) is 12.1 Å². The lowest BCUT2D eigenvalue weighted by atomic mass is 10.3. The van der Waals surface area contributed by atoms with Crippen LogP contribution in [0.15, 0.2) is 18.2 Å². The largest absolute Gasteiger partial charge is 0.482 e. The molecule has 7 heteroatoms. The monoisotopic (exact) mass is 231 g/mol. The number of nitro groups is 1. The van der Waals surface area contributed by atoms with Gasteiger partial charge in [0.2, 0.25) is 0 Å². The molecule has 1 aromatic carbocycles. The van der Waals surface area contributed by atoms with E-state index in [0.29, 0.717) is 0 Å². The Morgan fingerprint density at radius 3 is 2.73 bits per heavy atom. The van der Waals surface area contributed by atoms with E-state index in [1.54, 1.807) is 0 Å². The van der Waals surface area contributed by atoms with Gasteiger partial charge in [-0.25, -0.2) is 4.79 Å². The van der Waals surface area contributed by atoms with E-state index in [1.807, 2.05) is 0 Å². The third-order valence-corrected chi connectivity index (χ3v) is 1.78. The lowest BCUT2D eigenvalue weighted by molar-refractivity contribution is -0.384. The van der Waals surface area contributed by atoms with Crippen molar-refractivity contribution in [3.63, 3.8) is 0 Å². The lowest BCUT2D eigenvalue weighted by Gasteiger charge is -2.03. The van der Waals surface area contributed by atoms with Crippen LogP contribution in [-0.2, 0) is 4.79 Å². The predicted octanol–water partition coefficient (Wildman–Crippen LogP) is 1.71. The number of aliphatic carboxylic acids is 1. The second-order valence-electron chi connectivity index (χ2n) is 2.55. The minimum Gasteiger partial charge on any atom is -0.482 e. The summed E-state index contributed by atoms with van der Waals surface area (Å²) in [6.45, 7) is -0.520. The van der Waals surface area contributed by atoms with Crippen LogP contribution in [0.1, 0.15) is 0 Å². The first-order chi connectivity index (χ1) is 7.00. The highest BCUT2D eigenvalue weighted by molar-refractivity contribution is 6.32. The molecule has 1 N–H and O–H groups in total. The number of carbonyl (C=O) groups is 1. The van der Waals surface area contributed by atoms with Gasteiger partial charge in [0.1, 0.15) is 10.8 Å². The Kier molecular flexibility index (Phi) is 3.46. The summed E-state index contributed by atoms with van der Waals surface area (Å²) in [6, 6.07) is 3.63.